The molecule has 2 rings (SSSR count). The van der Waals surface area contributed by atoms with E-state index in [1.807, 2.05) is 0 Å². The van der Waals surface area contributed by atoms with Crippen LogP contribution in [0.4, 0.5) is 8.78 Å². The van der Waals surface area contributed by atoms with Gasteiger partial charge in [-0.05, 0) is 19.9 Å². The second kappa shape index (κ2) is 5.76. The van der Waals surface area contributed by atoms with Crippen LogP contribution in [0.25, 0.3) is 0 Å². The molecule has 0 radical (unpaired) electrons. The van der Waals surface area contributed by atoms with Crippen LogP contribution in [0.15, 0.2) is 16.9 Å². The van der Waals surface area contributed by atoms with Gasteiger partial charge in [0.2, 0.25) is 0 Å². The molecule has 0 bridgehead atoms. The van der Waals surface area contributed by atoms with Crippen LogP contribution in [0.5, 0.6) is 0 Å². The highest BCUT2D eigenvalue weighted by atomic mass is 19.3. The Balaban J connectivity index is 2.21. The lowest BCUT2D eigenvalue weighted by Crippen LogP contribution is -2.32. The van der Waals surface area contributed by atoms with Gasteiger partial charge < -0.3 is 4.90 Å². The highest BCUT2D eigenvalue weighted by molar-refractivity contribution is 5.92. The number of hydrogen-bond donors (Lipinski definition) is 0. The molecule has 0 atom stereocenters. The maximum atomic E-state index is 12.7. The number of carbonyl (C=O) groups is 1. The van der Waals surface area contributed by atoms with Crippen LogP contribution in [0.1, 0.15) is 35.3 Å². The number of halogens is 2. The summed E-state index contributed by atoms with van der Waals surface area (Å²) in [5.41, 5.74) is 0.873. The highest BCUT2D eigenvalue weighted by Gasteiger charge is 2.23. The van der Waals surface area contributed by atoms with Crippen molar-refractivity contribution in [2.75, 3.05) is 6.54 Å². The Bertz CT molecular complexity index is 595. The molecule has 0 unspecified atom stereocenters. The molecule has 7 nitrogen and oxygen atoms in total. The Morgan fingerprint density at radius 3 is 2.80 bits per heavy atom. The summed E-state index contributed by atoms with van der Waals surface area (Å²) in [5, 5.41) is 10.7. The average Bonchev–Trinajstić information content (AvgIpc) is 3.04. The third-order valence-corrected chi connectivity index (χ3v) is 2.83. The van der Waals surface area contributed by atoms with Gasteiger partial charge in [-0.3, -0.25) is 4.79 Å². The lowest BCUT2D eigenvalue weighted by Gasteiger charge is -2.19. The predicted octanol–water partition coefficient (Wildman–Crippen LogP) is 1.63. The van der Waals surface area contributed by atoms with Crippen molar-refractivity contribution in [2.24, 2.45) is 0 Å². The molecule has 9 heteroatoms. The Morgan fingerprint density at radius 1 is 1.50 bits per heavy atom. The predicted molar refractivity (Wildman–Crippen MR) is 62.9 cm³/mol. The molecule has 0 aliphatic carbocycles. The summed E-state index contributed by atoms with van der Waals surface area (Å²) in [6.07, 6.45) is 1.16. The molecule has 20 heavy (non-hydrogen) atoms. The van der Waals surface area contributed by atoms with Crippen molar-refractivity contribution in [2.45, 2.75) is 26.9 Å². The molecule has 0 aliphatic rings. The number of aryl methyl sites for hydroxylation is 1. The van der Waals surface area contributed by atoms with Crippen molar-refractivity contribution in [1.29, 1.82) is 0 Å². The van der Waals surface area contributed by atoms with Gasteiger partial charge in [-0.2, -0.15) is 18.6 Å². The van der Waals surface area contributed by atoms with Crippen LogP contribution < -0.4 is 0 Å². The van der Waals surface area contributed by atoms with E-state index in [9.17, 15) is 13.6 Å². The molecule has 0 N–H and O–H groups in total. The van der Waals surface area contributed by atoms with E-state index in [1.165, 1.54) is 11.0 Å². The van der Waals surface area contributed by atoms with Gasteiger partial charge in [-0.15, -0.1) is 0 Å². The fraction of sp³-hybridized carbons (Fsp3) is 0.455. The molecule has 0 aliphatic heterocycles. The summed E-state index contributed by atoms with van der Waals surface area (Å²) in [5.74, 6) is -0.548. The van der Waals surface area contributed by atoms with Gasteiger partial charge in [0, 0.05) is 12.7 Å². The van der Waals surface area contributed by atoms with Crippen LogP contribution in [0, 0.1) is 6.92 Å². The summed E-state index contributed by atoms with van der Waals surface area (Å²) < 4.78 is 30.4. The maximum absolute atomic E-state index is 12.7. The monoisotopic (exact) mass is 285 g/mol. The van der Waals surface area contributed by atoms with Crippen molar-refractivity contribution in [3.8, 4) is 0 Å². The van der Waals surface area contributed by atoms with E-state index >= 15 is 0 Å². The SMILES string of the molecule is CCN(Cc1nonc1C)C(=O)c1ccnn1C(F)F. The fourth-order valence-electron chi connectivity index (χ4n) is 1.70. The van der Waals surface area contributed by atoms with E-state index in [4.69, 9.17) is 0 Å². The molecule has 2 aromatic heterocycles. The Labute approximate surface area is 113 Å². The number of aromatic nitrogens is 4. The summed E-state index contributed by atoms with van der Waals surface area (Å²) >= 11 is 0. The van der Waals surface area contributed by atoms with E-state index in [1.54, 1.807) is 13.8 Å². The molecular formula is C11H13F2N5O2. The van der Waals surface area contributed by atoms with Crippen molar-refractivity contribution < 1.29 is 18.2 Å². The zero-order valence-electron chi connectivity index (χ0n) is 11.0. The van der Waals surface area contributed by atoms with Gasteiger partial charge in [-0.25, -0.2) is 4.63 Å². The molecule has 0 aromatic carbocycles. The van der Waals surface area contributed by atoms with E-state index < -0.39 is 12.5 Å². The van der Waals surface area contributed by atoms with Crippen molar-refractivity contribution in [3.05, 3.63) is 29.3 Å². The lowest BCUT2D eigenvalue weighted by atomic mass is 10.3. The highest BCUT2D eigenvalue weighted by Crippen LogP contribution is 2.15. The molecule has 108 valence electrons. The summed E-state index contributed by atoms with van der Waals surface area (Å²) in [6.45, 7) is 1.04. The molecule has 0 saturated heterocycles. The minimum Gasteiger partial charge on any atom is -0.331 e. The van der Waals surface area contributed by atoms with E-state index in [0.717, 1.165) is 6.20 Å². The van der Waals surface area contributed by atoms with Gasteiger partial charge >= 0.3 is 6.55 Å². The summed E-state index contributed by atoms with van der Waals surface area (Å²) in [6, 6.07) is 1.26. The Hall–Kier alpha value is -2.32. The standard InChI is InChI=1S/C11H13F2N5O2/c1-3-17(6-8-7(2)15-20-16-8)10(19)9-4-5-14-18(9)11(12)13/h4-5,11H,3,6H2,1-2H3. The molecular weight excluding hydrogens is 272 g/mol. The first kappa shape index (κ1) is 14.1. The lowest BCUT2D eigenvalue weighted by molar-refractivity contribution is 0.0462. The van der Waals surface area contributed by atoms with E-state index in [0.29, 0.717) is 22.6 Å². The summed E-state index contributed by atoms with van der Waals surface area (Å²) in [4.78, 5) is 13.6. The van der Waals surface area contributed by atoms with Gasteiger partial charge in [0.25, 0.3) is 5.91 Å². The fourth-order valence-corrected chi connectivity index (χ4v) is 1.70. The zero-order chi connectivity index (χ0) is 14.7. The molecule has 2 aromatic rings. The van der Waals surface area contributed by atoms with Gasteiger partial charge in [0.1, 0.15) is 17.1 Å². The van der Waals surface area contributed by atoms with Gasteiger partial charge in [0.15, 0.2) is 0 Å². The average molecular weight is 285 g/mol. The Morgan fingerprint density at radius 2 is 2.25 bits per heavy atom. The molecule has 0 saturated carbocycles. The van der Waals surface area contributed by atoms with Crippen LogP contribution in [0.3, 0.4) is 0 Å². The first-order valence-electron chi connectivity index (χ1n) is 5.93. The molecule has 2 heterocycles. The first-order valence-corrected chi connectivity index (χ1v) is 5.93. The number of amides is 1. The number of rotatable bonds is 5. The van der Waals surface area contributed by atoms with Crippen LogP contribution >= 0.6 is 0 Å². The van der Waals surface area contributed by atoms with Crippen molar-refractivity contribution in [1.82, 2.24) is 25.0 Å². The zero-order valence-corrected chi connectivity index (χ0v) is 11.0. The van der Waals surface area contributed by atoms with E-state index in [-0.39, 0.29) is 12.2 Å². The second-order valence-electron chi connectivity index (χ2n) is 4.05. The minimum absolute atomic E-state index is 0.138. The van der Waals surface area contributed by atoms with Crippen LogP contribution in [-0.2, 0) is 6.54 Å². The maximum Gasteiger partial charge on any atom is 0.333 e. The largest absolute Gasteiger partial charge is 0.333 e. The van der Waals surface area contributed by atoms with Crippen LogP contribution in [0.2, 0.25) is 0 Å². The molecule has 1 amide bonds. The molecule has 0 spiro atoms. The topological polar surface area (TPSA) is 77.1 Å². The quantitative estimate of drug-likeness (QED) is 0.834. The van der Waals surface area contributed by atoms with Crippen LogP contribution in [-0.4, -0.2) is 37.4 Å². The third-order valence-electron chi connectivity index (χ3n) is 2.83. The second-order valence-corrected chi connectivity index (χ2v) is 4.05. The van der Waals surface area contributed by atoms with Gasteiger partial charge in [-0.1, -0.05) is 10.3 Å². The minimum atomic E-state index is -2.86. The van der Waals surface area contributed by atoms with Crippen molar-refractivity contribution >= 4 is 5.91 Å². The van der Waals surface area contributed by atoms with E-state index in [2.05, 4.69) is 20.0 Å². The van der Waals surface area contributed by atoms with Crippen molar-refractivity contribution in [3.63, 3.8) is 0 Å². The normalized spacial score (nSPS) is 11.1. The number of hydrogen-bond acceptors (Lipinski definition) is 5. The smallest absolute Gasteiger partial charge is 0.331 e. The number of nitrogens with zero attached hydrogens (tertiary/aromatic N) is 5. The Kier molecular flexibility index (Phi) is 4.06. The molecule has 0 fully saturated rings. The summed E-state index contributed by atoms with van der Waals surface area (Å²) in [7, 11) is 0. The first-order chi connectivity index (χ1) is 9.54. The van der Waals surface area contributed by atoms with Gasteiger partial charge in [0.05, 0.1) is 6.54 Å². The number of carbonyl (C=O) groups excluding carboxylic acids is 1. The third kappa shape index (κ3) is 2.65. The number of alkyl halides is 2.